The van der Waals surface area contributed by atoms with Gasteiger partial charge in [0.25, 0.3) is 5.91 Å². The van der Waals surface area contributed by atoms with Crippen LogP contribution in [0.15, 0.2) is 59.5 Å². The molecule has 1 unspecified atom stereocenters. The molecule has 3 atom stereocenters. The Bertz CT molecular complexity index is 1740. The number of amides is 1. The standard InChI is InChI=1S/C30H27F2N5O3S/c1-35-29(39)25-27(40-16-17-6-4-3-5-7-17)26(38)21(15-37(25)36(2)30(35)11-10-18-12-22(18)30)28-34-33-24(41-28)13-19-8-9-20(31)14-23(19)32/h3-9,14-15,18,22H,10-13,16H2,1-2H3/t18-,22+,30?/m1/s1. The maximum atomic E-state index is 14.3. The van der Waals surface area contributed by atoms with Gasteiger partial charge in [0, 0.05) is 38.7 Å². The quantitative estimate of drug-likeness (QED) is 0.335. The number of nitrogens with zero attached hydrogens (tertiary/aromatic N) is 5. The SMILES string of the molecule is CN1C(=O)c2c(OCc3ccccc3)c(=O)c(-c3nnc(Cc4ccc(F)cc4F)s3)cn2N(C)C12CC[C@@H]1C[C@@H]12. The molecule has 2 saturated carbocycles. The largest absolute Gasteiger partial charge is 0.482 e. The van der Waals surface area contributed by atoms with Crippen LogP contribution < -0.4 is 15.2 Å². The topological polar surface area (TPSA) is 80.6 Å². The van der Waals surface area contributed by atoms with E-state index in [1.165, 1.54) is 12.1 Å². The van der Waals surface area contributed by atoms with E-state index in [2.05, 4.69) is 15.2 Å². The Hall–Kier alpha value is -4.12. The summed E-state index contributed by atoms with van der Waals surface area (Å²) in [5.41, 5.74) is 0.596. The van der Waals surface area contributed by atoms with Crippen molar-refractivity contribution in [3.63, 3.8) is 0 Å². The van der Waals surface area contributed by atoms with Gasteiger partial charge in [0.2, 0.25) is 5.43 Å². The van der Waals surface area contributed by atoms with E-state index in [9.17, 15) is 18.4 Å². The van der Waals surface area contributed by atoms with Crippen LogP contribution in [0.25, 0.3) is 10.6 Å². The van der Waals surface area contributed by atoms with E-state index in [1.54, 1.807) is 15.8 Å². The predicted octanol–water partition coefficient (Wildman–Crippen LogP) is 4.59. The molecule has 0 radical (unpaired) electrons. The van der Waals surface area contributed by atoms with Crippen molar-refractivity contribution in [3.05, 3.63) is 98.4 Å². The van der Waals surface area contributed by atoms with Gasteiger partial charge in [-0.15, -0.1) is 10.2 Å². The molecule has 1 amide bonds. The van der Waals surface area contributed by atoms with E-state index in [-0.39, 0.29) is 41.5 Å². The van der Waals surface area contributed by atoms with Gasteiger partial charge in [0.05, 0.1) is 5.56 Å². The van der Waals surface area contributed by atoms with Gasteiger partial charge in [-0.3, -0.25) is 19.3 Å². The Morgan fingerprint density at radius 2 is 1.90 bits per heavy atom. The lowest BCUT2D eigenvalue weighted by molar-refractivity contribution is 0.0327. The van der Waals surface area contributed by atoms with E-state index in [0.29, 0.717) is 21.9 Å². The monoisotopic (exact) mass is 575 g/mol. The highest BCUT2D eigenvalue weighted by molar-refractivity contribution is 7.14. The fourth-order valence-corrected chi connectivity index (χ4v) is 7.43. The van der Waals surface area contributed by atoms with E-state index in [4.69, 9.17) is 4.74 Å². The lowest BCUT2D eigenvalue weighted by Crippen LogP contribution is -2.68. The number of aromatic nitrogens is 3. The van der Waals surface area contributed by atoms with Crippen LogP contribution in [0.1, 0.15) is 45.9 Å². The summed E-state index contributed by atoms with van der Waals surface area (Å²) in [5, 5.41) is 11.3. The van der Waals surface area contributed by atoms with Crippen molar-refractivity contribution in [2.24, 2.45) is 11.8 Å². The maximum Gasteiger partial charge on any atom is 0.278 e. The third-order valence-electron chi connectivity index (χ3n) is 8.80. The molecule has 0 bridgehead atoms. The minimum absolute atomic E-state index is 0.0448. The molecule has 1 aliphatic heterocycles. The highest BCUT2D eigenvalue weighted by Gasteiger charge is 2.65. The number of benzene rings is 2. The molecule has 3 heterocycles. The van der Waals surface area contributed by atoms with E-state index < -0.39 is 22.7 Å². The molecule has 210 valence electrons. The summed E-state index contributed by atoms with van der Waals surface area (Å²) in [6.45, 7) is 0.105. The zero-order valence-corrected chi connectivity index (χ0v) is 23.3. The molecule has 2 aromatic carbocycles. The van der Waals surface area contributed by atoms with E-state index >= 15 is 0 Å². The van der Waals surface area contributed by atoms with Crippen LogP contribution in [0.5, 0.6) is 5.75 Å². The van der Waals surface area contributed by atoms with Crippen molar-refractivity contribution in [2.45, 2.75) is 38.0 Å². The molecule has 0 saturated heterocycles. The summed E-state index contributed by atoms with van der Waals surface area (Å²) < 4.78 is 35.6. The Morgan fingerprint density at radius 1 is 1.10 bits per heavy atom. The van der Waals surface area contributed by atoms with Crippen molar-refractivity contribution in [1.29, 1.82) is 0 Å². The molecule has 8 nitrogen and oxygen atoms in total. The third kappa shape index (κ3) is 4.05. The van der Waals surface area contributed by atoms with Crippen molar-refractivity contribution in [3.8, 4) is 16.3 Å². The number of fused-ring (bicyclic) bond motifs is 3. The zero-order valence-electron chi connectivity index (χ0n) is 22.5. The molecule has 7 rings (SSSR count). The van der Waals surface area contributed by atoms with Crippen LogP contribution in [0, 0.1) is 23.5 Å². The Balaban J connectivity index is 1.32. The van der Waals surface area contributed by atoms with Crippen LogP contribution >= 0.6 is 11.3 Å². The fraction of sp³-hybridized carbons (Fsp3) is 0.333. The van der Waals surface area contributed by atoms with Gasteiger partial charge < -0.3 is 9.64 Å². The molecule has 11 heteroatoms. The first-order chi connectivity index (χ1) is 19.8. The normalized spacial score (nSPS) is 22.7. The molecule has 41 heavy (non-hydrogen) atoms. The third-order valence-corrected chi connectivity index (χ3v) is 9.75. The summed E-state index contributed by atoms with van der Waals surface area (Å²) >= 11 is 1.15. The van der Waals surface area contributed by atoms with Crippen LogP contribution in [0.3, 0.4) is 0 Å². The van der Waals surface area contributed by atoms with Gasteiger partial charge in [-0.25, -0.2) is 8.78 Å². The van der Waals surface area contributed by atoms with E-state index in [0.717, 1.165) is 42.2 Å². The van der Waals surface area contributed by atoms with Crippen LogP contribution in [-0.2, 0) is 13.0 Å². The number of halogens is 2. The molecule has 2 aromatic heterocycles. The maximum absolute atomic E-state index is 14.3. The number of pyridine rings is 1. The van der Waals surface area contributed by atoms with Crippen molar-refractivity contribution in [2.75, 3.05) is 19.1 Å². The lowest BCUT2D eigenvalue weighted by atomic mass is 9.98. The Kier molecular flexibility index (Phi) is 5.97. The molecule has 4 aromatic rings. The van der Waals surface area contributed by atoms with Gasteiger partial charge in [-0.1, -0.05) is 47.7 Å². The number of rotatable bonds is 6. The fourth-order valence-electron chi connectivity index (χ4n) is 6.56. The Morgan fingerprint density at radius 3 is 2.61 bits per heavy atom. The number of ether oxygens (including phenoxy) is 1. The molecule has 0 N–H and O–H groups in total. The van der Waals surface area contributed by atoms with Gasteiger partial charge >= 0.3 is 0 Å². The average Bonchev–Trinajstić information content (AvgIpc) is 3.44. The minimum Gasteiger partial charge on any atom is -0.482 e. The molecule has 2 fully saturated rings. The molecular formula is C30H27F2N5O3S. The van der Waals surface area contributed by atoms with Crippen LogP contribution in [-0.4, -0.2) is 45.4 Å². The predicted molar refractivity (Wildman–Crippen MR) is 149 cm³/mol. The number of hydrogen-bond acceptors (Lipinski definition) is 7. The summed E-state index contributed by atoms with van der Waals surface area (Å²) in [4.78, 5) is 29.7. The summed E-state index contributed by atoms with van der Waals surface area (Å²) in [7, 11) is 3.76. The Labute approximate surface area is 238 Å². The lowest BCUT2D eigenvalue weighted by Gasteiger charge is -2.52. The number of hydrogen-bond donors (Lipinski definition) is 0. The average molecular weight is 576 g/mol. The molecule has 3 aliphatic rings. The van der Waals surface area contributed by atoms with Gasteiger partial charge in [-0.2, -0.15) is 0 Å². The second-order valence-electron chi connectivity index (χ2n) is 11.0. The zero-order chi connectivity index (χ0) is 28.5. The van der Waals surface area contributed by atoms with Crippen molar-refractivity contribution >= 4 is 17.2 Å². The van der Waals surface area contributed by atoms with Crippen molar-refractivity contribution in [1.82, 2.24) is 19.8 Å². The van der Waals surface area contributed by atoms with Crippen LogP contribution in [0.4, 0.5) is 8.78 Å². The van der Waals surface area contributed by atoms with Gasteiger partial charge in [0.15, 0.2) is 16.5 Å². The van der Waals surface area contributed by atoms with Crippen LogP contribution in [0.2, 0.25) is 0 Å². The first-order valence-corrected chi connectivity index (χ1v) is 14.3. The van der Waals surface area contributed by atoms with E-state index in [1.807, 2.05) is 44.4 Å². The first kappa shape index (κ1) is 25.8. The summed E-state index contributed by atoms with van der Waals surface area (Å²) in [6.07, 6.45) is 4.71. The second-order valence-corrected chi connectivity index (χ2v) is 12.1. The summed E-state index contributed by atoms with van der Waals surface area (Å²) in [6, 6.07) is 12.8. The number of carbonyl (C=O) groups is 1. The minimum atomic E-state index is -0.670. The smallest absolute Gasteiger partial charge is 0.278 e. The molecular weight excluding hydrogens is 548 g/mol. The second kappa shape index (κ2) is 9.47. The van der Waals surface area contributed by atoms with Crippen molar-refractivity contribution < 1.29 is 18.3 Å². The van der Waals surface area contributed by atoms with Gasteiger partial charge in [-0.05, 0) is 42.4 Å². The number of carbonyl (C=O) groups excluding carboxylic acids is 1. The highest BCUT2D eigenvalue weighted by atomic mass is 32.1. The first-order valence-electron chi connectivity index (χ1n) is 13.5. The van der Waals surface area contributed by atoms with Gasteiger partial charge in [0.1, 0.15) is 28.9 Å². The molecule has 1 spiro atoms. The molecule has 2 aliphatic carbocycles. The summed E-state index contributed by atoms with van der Waals surface area (Å²) in [5.74, 6) is -0.666. The highest BCUT2D eigenvalue weighted by Crippen LogP contribution is 2.61.